The minimum Gasteiger partial charge on any atom is -0.497 e. The summed E-state index contributed by atoms with van der Waals surface area (Å²) >= 11 is 0. The average Bonchev–Trinajstić information content (AvgIpc) is 2.69. The molecule has 0 aliphatic carbocycles. The number of ether oxygens (including phenoxy) is 5. The summed E-state index contributed by atoms with van der Waals surface area (Å²) in [5, 5.41) is 0. The van der Waals surface area contributed by atoms with Crippen LogP contribution in [0.4, 0.5) is 0 Å². The molecule has 0 radical (unpaired) electrons. The minimum atomic E-state index is -0.465. The lowest BCUT2D eigenvalue weighted by Crippen LogP contribution is -2.10. The van der Waals surface area contributed by atoms with Crippen molar-refractivity contribution >= 4 is 12.0 Å². The van der Waals surface area contributed by atoms with Crippen molar-refractivity contribution in [1.29, 1.82) is 0 Å². The molecule has 6 heteroatoms. The summed E-state index contributed by atoms with van der Waals surface area (Å²) in [6.45, 7) is 0.402. The molecule has 0 N–H and O–H groups in total. The maximum Gasteiger partial charge on any atom is 0.330 e. The zero-order valence-electron chi connectivity index (χ0n) is 15.1. The third-order valence-electron chi connectivity index (χ3n) is 3.49. The van der Waals surface area contributed by atoms with Gasteiger partial charge < -0.3 is 23.7 Å². The Hall–Kier alpha value is -3.15. The SMILES string of the molecule is COc1ccc(OCCOC(=O)/C=C/c2cc(OC)ccc2OC)cc1. The highest BCUT2D eigenvalue weighted by Crippen LogP contribution is 2.25. The summed E-state index contributed by atoms with van der Waals surface area (Å²) in [4.78, 5) is 11.8. The molecule has 0 amide bonds. The van der Waals surface area contributed by atoms with Gasteiger partial charge in [-0.2, -0.15) is 0 Å². The molecule has 0 saturated heterocycles. The van der Waals surface area contributed by atoms with Crippen LogP contribution in [0.5, 0.6) is 23.0 Å². The molecule has 0 heterocycles. The van der Waals surface area contributed by atoms with Crippen molar-refractivity contribution in [3.8, 4) is 23.0 Å². The molecule has 2 rings (SSSR count). The van der Waals surface area contributed by atoms with Crippen LogP contribution in [0.3, 0.4) is 0 Å². The fourth-order valence-corrected chi connectivity index (χ4v) is 2.15. The average molecular weight is 358 g/mol. The number of hydrogen-bond donors (Lipinski definition) is 0. The summed E-state index contributed by atoms with van der Waals surface area (Å²) in [6.07, 6.45) is 2.96. The molecule has 6 nitrogen and oxygen atoms in total. The lowest BCUT2D eigenvalue weighted by molar-refractivity contribution is -0.138. The first-order valence-corrected chi connectivity index (χ1v) is 8.00. The van der Waals surface area contributed by atoms with Crippen LogP contribution in [0.2, 0.25) is 0 Å². The van der Waals surface area contributed by atoms with E-state index in [0.29, 0.717) is 17.2 Å². The topological polar surface area (TPSA) is 63.2 Å². The number of esters is 1. The Kier molecular flexibility index (Phi) is 7.36. The summed E-state index contributed by atoms with van der Waals surface area (Å²) in [7, 11) is 4.74. The predicted molar refractivity (Wildman–Crippen MR) is 98.0 cm³/mol. The van der Waals surface area contributed by atoms with Gasteiger partial charge in [0, 0.05) is 11.6 Å². The molecule has 0 saturated carbocycles. The second kappa shape index (κ2) is 9.98. The highest BCUT2D eigenvalue weighted by molar-refractivity contribution is 5.87. The normalized spacial score (nSPS) is 10.4. The molecule has 2 aromatic carbocycles. The van der Waals surface area contributed by atoms with Crippen LogP contribution in [0.15, 0.2) is 48.5 Å². The monoisotopic (exact) mass is 358 g/mol. The lowest BCUT2D eigenvalue weighted by atomic mass is 10.1. The van der Waals surface area contributed by atoms with E-state index in [1.165, 1.54) is 6.08 Å². The Balaban J connectivity index is 1.80. The van der Waals surface area contributed by atoms with E-state index >= 15 is 0 Å². The van der Waals surface area contributed by atoms with Gasteiger partial charge in [0.2, 0.25) is 0 Å². The van der Waals surface area contributed by atoms with Crippen LogP contribution >= 0.6 is 0 Å². The van der Waals surface area contributed by atoms with Crippen molar-refractivity contribution in [2.24, 2.45) is 0 Å². The van der Waals surface area contributed by atoms with Crippen LogP contribution in [0.25, 0.3) is 6.08 Å². The quantitative estimate of drug-likeness (QED) is 0.389. The molecule has 26 heavy (non-hydrogen) atoms. The van der Waals surface area contributed by atoms with E-state index in [1.807, 2.05) is 0 Å². The highest BCUT2D eigenvalue weighted by atomic mass is 16.6. The number of methoxy groups -OCH3 is 3. The van der Waals surface area contributed by atoms with E-state index in [0.717, 1.165) is 11.3 Å². The number of benzene rings is 2. The van der Waals surface area contributed by atoms with Gasteiger partial charge in [0.1, 0.15) is 36.2 Å². The standard InChI is InChI=1S/C20H22O6/c1-22-16-5-7-17(8-6-16)25-12-13-26-20(21)11-4-15-14-18(23-2)9-10-19(15)24-3/h4-11,14H,12-13H2,1-3H3/b11-4+. The Labute approximate surface area is 152 Å². The van der Waals surface area contributed by atoms with Crippen molar-refractivity contribution in [2.45, 2.75) is 0 Å². The van der Waals surface area contributed by atoms with Crippen LogP contribution in [0, 0.1) is 0 Å². The molecule has 0 bridgehead atoms. The first-order valence-electron chi connectivity index (χ1n) is 8.00. The third kappa shape index (κ3) is 5.73. The predicted octanol–water partition coefficient (Wildman–Crippen LogP) is 3.35. The van der Waals surface area contributed by atoms with Gasteiger partial charge in [0.05, 0.1) is 21.3 Å². The van der Waals surface area contributed by atoms with E-state index in [9.17, 15) is 4.79 Å². The van der Waals surface area contributed by atoms with E-state index in [1.54, 1.807) is 69.9 Å². The summed E-state index contributed by atoms with van der Waals surface area (Å²) < 4.78 is 26.1. The van der Waals surface area contributed by atoms with Crippen molar-refractivity contribution in [2.75, 3.05) is 34.5 Å². The molecule has 0 aromatic heterocycles. The molecule has 2 aromatic rings. The maximum absolute atomic E-state index is 11.8. The first-order chi connectivity index (χ1) is 12.7. The number of carbonyl (C=O) groups is 1. The van der Waals surface area contributed by atoms with Gasteiger partial charge in [-0.15, -0.1) is 0 Å². The van der Waals surface area contributed by atoms with Crippen LogP contribution in [0.1, 0.15) is 5.56 Å². The van der Waals surface area contributed by atoms with Gasteiger partial charge in [-0.25, -0.2) is 4.79 Å². The number of hydrogen-bond acceptors (Lipinski definition) is 6. The molecule has 0 aliphatic heterocycles. The highest BCUT2D eigenvalue weighted by Gasteiger charge is 2.04. The Morgan fingerprint density at radius 1 is 0.846 bits per heavy atom. The summed E-state index contributed by atoms with van der Waals surface area (Å²) in [5.74, 6) is 2.28. The number of rotatable bonds is 9. The van der Waals surface area contributed by atoms with E-state index in [2.05, 4.69) is 0 Å². The Morgan fingerprint density at radius 2 is 1.50 bits per heavy atom. The van der Waals surface area contributed by atoms with E-state index in [4.69, 9.17) is 23.7 Å². The van der Waals surface area contributed by atoms with Gasteiger partial charge in [-0.3, -0.25) is 0 Å². The van der Waals surface area contributed by atoms with Crippen molar-refractivity contribution in [3.05, 3.63) is 54.1 Å². The molecule has 0 fully saturated rings. The largest absolute Gasteiger partial charge is 0.497 e. The summed E-state index contributed by atoms with van der Waals surface area (Å²) in [5.41, 5.74) is 0.721. The molecular formula is C20H22O6. The zero-order valence-corrected chi connectivity index (χ0v) is 15.1. The second-order valence-electron chi connectivity index (χ2n) is 5.13. The van der Waals surface area contributed by atoms with Gasteiger partial charge in [0.15, 0.2) is 0 Å². The second-order valence-corrected chi connectivity index (χ2v) is 5.13. The van der Waals surface area contributed by atoms with Crippen molar-refractivity contribution in [3.63, 3.8) is 0 Å². The van der Waals surface area contributed by atoms with Crippen LogP contribution in [-0.4, -0.2) is 40.5 Å². The maximum atomic E-state index is 11.8. The van der Waals surface area contributed by atoms with Crippen molar-refractivity contribution < 1.29 is 28.5 Å². The van der Waals surface area contributed by atoms with E-state index < -0.39 is 5.97 Å². The molecule has 0 unspecified atom stereocenters. The Morgan fingerprint density at radius 3 is 2.15 bits per heavy atom. The van der Waals surface area contributed by atoms with Crippen molar-refractivity contribution in [1.82, 2.24) is 0 Å². The molecular weight excluding hydrogens is 336 g/mol. The van der Waals surface area contributed by atoms with Gasteiger partial charge >= 0.3 is 5.97 Å². The zero-order chi connectivity index (χ0) is 18.8. The van der Waals surface area contributed by atoms with Gasteiger partial charge in [-0.05, 0) is 48.5 Å². The third-order valence-corrected chi connectivity index (χ3v) is 3.49. The molecule has 138 valence electrons. The van der Waals surface area contributed by atoms with Gasteiger partial charge in [0.25, 0.3) is 0 Å². The van der Waals surface area contributed by atoms with Crippen LogP contribution in [-0.2, 0) is 9.53 Å². The fourth-order valence-electron chi connectivity index (χ4n) is 2.15. The summed E-state index contributed by atoms with van der Waals surface area (Å²) in [6, 6.07) is 12.5. The van der Waals surface area contributed by atoms with Crippen LogP contribution < -0.4 is 18.9 Å². The minimum absolute atomic E-state index is 0.143. The Bertz CT molecular complexity index is 736. The first kappa shape index (κ1) is 19.2. The van der Waals surface area contributed by atoms with Gasteiger partial charge in [-0.1, -0.05) is 0 Å². The lowest BCUT2D eigenvalue weighted by Gasteiger charge is -2.08. The fraction of sp³-hybridized carbons (Fsp3) is 0.250. The molecule has 0 atom stereocenters. The van der Waals surface area contributed by atoms with E-state index in [-0.39, 0.29) is 13.2 Å². The molecule has 0 aliphatic rings. The smallest absolute Gasteiger partial charge is 0.330 e. The number of carbonyl (C=O) groups excluding carboxylic acids is 1. The molecule has 0 spiro atoms.